The van der Waals surface area contributed by atoms with Gasteiger partial charge in [0.1, 0.15) is 12.1 Å². The summed E-state index contributed by atoms with van der Waals surface area (Å²) >= 11 is 0. The number of hydrogen-bond acceptors (Lipinski definition) is 4. The molecular formula is C13H13N3O2. The van der Waals surface area contributed by atoms with Crippen LogP contribution in [0.1, 0.15) is 6.92 Å². The Bertz CT molecular complexity index is 543. The molecule has 18 heavy (non-hydrogen) atoms. The van der Waals surface area contributed by atoms with Crippen molar-refractivity contribution in [3.05, 3.63) is 43.0 Å². The predicted molar refractivity (Wildman–Crippen MR) is 66.8 cm³/mol. The first kappa shape index (κ1) is 12.0. The highest BCUT2D eigenvalue weighted by Crippen LogP contribution is 2.23. The highest BCUT2D eigenvalue weighted by molar-refractivity contribution is 5.78. The average Bonchev–Trinajstić information content (AvgIpc) is 2.40. The van der Waals surface area contributed by atoms with Crippen LogP contribution in [0.2, 0.25) is 0 Å². The SMILES string of the molecule is CC(Oc1cccc(-c2cncnc2)c1)C(N)=O. The molecule has 1 aromatic carbocycles. The van der Waals surface area contributed by atoms with Crippen LogP contribution in [-0.4, -0.2) is 22.0 Å². The Balaban J connectivity index is 2.23. The van der Waals surface area contributed by atoms with Crippen molar-refractivity contribution in [2.75, 3.05) is 0 Å². The number of hydrogen-bond donors (Lipinski definition) is 1. The number of benzene rings is 1. The van der Waals surface area contributed by atoms with Gasteiger partial charge >= 0.3 is 0 Å². The van der Waals surface area contributed by atoms with Gasteiger partial charge in [0.2, 0.25) is 0 Å². The molecule has 0 aliphatic heterocycles. The van der Waals surface area contributed by atoms with E-state index in [1.807, 2.05) is 18.2 Å². The van der Waals surface area contributed by atoms with Crippen LogP contribution in [-0.2, 0) is 4.79 Å². The van der Waals surface area contributed by atoms with Gasteiger partial charge in [-0.05, 0) is 24.6 Å². The van der Waals surface area contributed by atoms with Crippen LogP contribution < -0.4 is 10.5 Å². The van der Waals surface area contributed by atoms with Gasteiger partial charge in [0.15, 0.2) is 6.10 Å². The lowest BCUT2D eigenvalue weighted by atomic mass is 10.1. The van der Waals surface area contributed by atoms with E-state index < -0.39 is 12.0 Å². The quantitative estimate of drug-likeness (QED) is 0.880. The third kappa shape index (κ3) is 2.82. The summed E-state index contributed by atoms with van der Waals surface area (Å²) in [6.45, 7) is 1.61. The molecule has 2 rings (SSSR count). The molecule has 0 aliphatic rings. The van der Waals surface area contributed by atoms with Gasteiger partial charge in [-0.2, -0.15) is 0 Å². The summed E-state index contributed by atoms with van der Waals surface area (Å²) in [7, 11) is 0. The first-order valence-corrected chi connectivity index (χ1v) is 5.48. The molecule has 0 aliphatic carbocycles. The van der Waals surface area contributed by atoms with E-state index in [9.17, 15) is 4.79 Å². The van der Waals surface area contributed by atoms with Crippen molar-refractivity contribution in [1.29, 1.82) is 0 Å². The molecule has 2 aromatic rings. The second-order valence-electron chi connectivity index (χ2n) is 3.82. The van der Waals surface area contributed by atoms with E-state index in [-0.39, 0.29) is 0 Å². The first-order chi connectivity index (χ1) is 8.66. The molecule has 5 nitrogen and oxygen atoms in total. The highest BCUT2D eigenvalue weighted by Gasteiger charge is 2.10. The molecule has 1 amide bonds. The smallest absolute Gasteiger partial charge is 0.258 e. The number of primary amides is 1. The fourth-order valence-electron chi connectivity index (χ4n) is 1.46. The number of amides is 1. The van der Waals surface area contributed by atoms with Gasteiger partial charge in [-0.1, -0.05) is 12.1 Å². The third-order valence-corrected chi connectivity index (χ3v) is 2.44. The minimum atomic E-state index is -0.660. The standard InChI is InChI=1S/C13H13N3O2/c1-9(13(14)17)18-12-4-2-3-10(5-12)11-6-15-8-16-7-11/h2-9H,1H3,(H2,14,17). The lowest BCUT2D eigenvalue weighted by Gasteiger charge is -2.12. The highest BCUT2D eigenvalue weighted by atomic mass is 16.5. The number of carbonyl (C=O) groups is 1. The molecule has 2 N–H and O–H groups in total. The van der Waals surface area contributed by atoms with Crippen LogP contribution in [0.5, 0.6) is 5.75 Å². The molecule has 5 heteroatoms. The van der Waals surface area contributed by atoms with Crippen LogP contribution in [0.15, 0.2) is 43.0 Å². The normalized spacial score (nSPS) is 11.8. The Morgan fingerprint density at radius 2 is 2.00 bits per heavy atom. The number of ether oxygens (including phenoxy) is 1. The molecule has 0 saturated heterocycles. The van der Waals surface area contributed by atoms with Crippen molar-refractivity contribution < 1.29 is 9.53 Å². The van der Waals surface area contributed by atoms with Gasteiger partial charge < -0.3 is 10.5 Å². The molecule has 0 bridgehead atoms. The summed E-state index contributed by atoms with van der Waals surface area (Å²) < 4.78 is 5.42. The summed E-state index contributed by atoms with van der Waals surface area (Å²) in [6, 6.07) is 7.34. The van der Waals surface area contributed by atoms with Crippen LogP contribution >= 0.6 is 0 Å². The summed E-state index contributed by atoms with van der Waals surface area (Å²) in [4.78, 5) is 18.8. The number of carbonyl (C=O) groups excluding carboxylic acids is 1. The van der Waals surface area contributed by atoms with Gasteiger partial charge in [0.25, 0.3) is 5.91 Å². The number of nitrogens with zero attached hydrogens (tertiary/aromatic N) is 2. The summed E-state index contributed by atoms with van der Waals surface area (Å²) in [6.07, 6.45) is 4.24. The van der Waals surface area contributed by atoms with Gasteiger partial charge in [-0.3, -0.25) is 4.79 Å². The Morgan fingerprint density at radius 1 is 1.28 bits per heavy atom. The Kier molecular flexibility index (Phi) is 3.52. The summed E-state index contributed by atoms with van der Waals surface area (Å²) in [5.74, 6) is 0.0890. The molecule has 1 heterocycles. The molecule has 1 atom stereocenters. The fraction of sp³-hybridized carbons (Fsp3) is 0.154. The lowest BCUT2D eigenvalue weighted by molar-refractivity contribution is -0.123. The van der Waals surface area contributed by atoms with Crippen molar-refractivity contribution >= 4 is 5.91 Å². The van der Waals surface area contributed by atoms with Crippen molar-refractivity contribution in [3.8, 4) is 16.9 Å². The minimum absolute atomic E-state index is 0.497. The van der Waals surface area contributed by atoms with Crippen molar-refractivity contribution in [2.45, 2.75) is 13.0 Å². The van der Waals surface area contributed by atoms with E-state index in [1.165, 1.54) is 6.33 Å². The van der Waals surface area contributed by atoms with Crippen LogP contribution in [0.3, 0.4) is 0 Å². The van der Waals surface area contributed by atoms with E-state index in [0.29, 0.717) is 5.75 Å². The molecule has 0 fully saturated rings. The zero-order valence-electron chi connectivity index (χ0n) is 9.91. The Hall–Kier alpha value is -2.43. The lowest BCUT2D eigenvalue weighted by Crippen LogP contribution is -2.30. The van der Waals surface area contributed by atoms with Crippen LogP contribution in [0, 0.1) is 0 Å². The molecule has 0 spiro atoms. The number of aromatic nitrogens is 2. The Morgan fingerprint density at radius 3 is 2.67 bits per heavy atom. The maximum atomic E-state index is 10.9. The monoisotopic (exact) mass is 243 g/mol. The third-order valence-electron chi connectivity index (χ3n) is 2.44. The zero-order chi connectivity index (χ0) is 13.0. The van der Waals surface area contributed by atoms with Gasteiger partial charge in [-0.25, -0.2) is 9.97 Å². The summed E-state index contributed by atoms with van der Waals surface area (Å²) in [5, 5.41) is 0. The molecule has 0 saturated carbocycles. The van der Waals surface area contributed by atoms with E-state index in [2.05, 4.69) is 9.97 Å². The van der Waals surface area contributed by atoms with Crippen molar-refractivity contribution in [1.82, 2.24) is 9.97 Å². The number of rotatable bonds is 4. The van der Waals surface area contributed by atoms with Crippen LogP contribution in [0.4, 0.5) is 0 Å². The van der Waals surface area contributed by atoms with Crippen molar-refractivity contribution in [2.24, 2.45) is 5.73 Å². The molecule has 1 unspecified atom stereocenters. The topological polar surface area (TPSA) is 78.1 Å². The second-order valence-corrected chi connectivity index (χ2v) is 3.82. The molecule has 1 aromatic heterocycles. The predicted octanol–water partition coefficient (Wildman–Crippen LogP) is 1.40. The largest absolute Gasteiger partial charge is 0.481 e. The zero-order valence-corrected chi connectivity index (χ0v) is 9.91. The average molecular weight is 243 g/mol. The van der Waals surface area contributed by atoms with Crippen LogP contribution in [0.25, 0.3) is 11.1 Å². The molecular weight excluding hydrogens is 230 g/mol. The number of nitrogens with two attached hydrogens (primary N) is 1. The van der Waals surface area contributed by atoms with E-state index in [4.69, 9.17) is 10.5 Å². The first-order valence-electron chi connectivity index (χ1n) is 5.48. The van der Waals surface area contributed by atoms with Gasteiger partial charge in [-0.15, -0.1) is 0 Å². The minimum Gasteiger partial charge on any atom is -0.481 e. The maximum Gasteiger partial charge on any atom is 0.258 e. The van der Waals surface area contributed by atoms with E-state index in [0.717, 1.165) is 11.1 Å². The fourth-order valence-corrected chi connectivity index (χ4v) is 1.46. The maximum absolute atomic E-state index is 10.9. The molecule has 0 radical (unpaired) electrons. The second kappa shape index (κ2) is 5.27. The Labute approximate surface area is 105 Å². The summed E-state index contributed by atoms with van der Waals surface area (Å²) in [5.41, 5.74) is 6.95. The van der Waals surface area contributed by atoms with E-state index in [1.54, 1.807) is 25.4 Å². The van der Waals surface area contributed by atoms with E-state index >= 15 is 0 Å². The van der Waals surface area contributed by atoms with Gasteiger partial charge in [0.05, 0.1) is 0 Å². The van der Waals surface area contributed by atoms with Crippen molar-refractivity contribution in [3.63, 3.8) is 0 Å². The molecule has 92 valence electrons. The van der Waals surface area contributed by atoms with Gasteiger partial charge in [0, 0.05) is 18.0 Å².